The minimum atomic E-state index is 0.626. The highest BCUT2D eigenvalue weighted by Crippen LogP contribution is 2.19. The molecule has 0 atom stereocenters. The quantitative estimate of drug-likeness (QED) is 0.397. The van der Waals surface area contributed by atoms with Gasteiger partial charge in [-0.3, -0.25) is 0 Å². The number of hydrogen-bond donors (Lipinski definition) is 2. The predicted molar refractivity (Wildman–Crippen MR) is 108 cm³/mol. The molecule has 0 unspecified atom stereocenters. The number of morpholine rings is 1. The Morgan fingerprint density at radius 1 is 1.32 bits per heavy atom. The van der Waals surface area contributed by atoms with Crippen LogP contribution in [0.4, 0.5) is 5.82 Å². The molecule has 0 spiro atoms. The fraction of sp³-hybridized carbons (Fsp3) is 0.667. The number of nitrogens with one attached hydrogen (secondary N) is 2. The molecule has 1 aromatic rings. The monoisotopic (exact) mass is 365 g/mol. The normalized spacial score (nSPS) is 15.3. The first kappa shape index (κ1) is 19.8. The van der Waals surface area contributed by atoms with Crippen LogP contribution in [0.25, 0.3) is 0 Å². The first-order chi connectivity index (χ1) is 12.3. The van der Waals surface area contributed by atoms with E-state index in [1.54, 1.807) is 0 Å². The number of pyridine rings is 1. The number of ether oxygens (including phenoxy) is 1. The molecule has 1 aromatic heterocycles. The van der Waals surface area contributed by atoms with Crippen molar-refractivity contribution in [3.05, 3.63) is 23.9 Å². The van der Waals surface area contributed by atoms with Crippen molar-refractivity contribution >= 4 is 23.5 Å². The smallest absolute Gasteiger partial charge is 0.191 e. The van der Waals surface area contributed by atoms with E-state index >= 15 is 0 Å². The van der Waals surface area contributed by atoms with E-state index in [0.717, 1.165) is 63.2 Å². The minimum absolute atomic E-state index is 0.626. The van der Waals surface area contributed by atoms with E-state index in [1.807, 2.05) is 24.0 Å². The molecule has 2 N–H and O–H groups in total. The molecule has 6 nitrogen and oxygen atoms in total. The molecule has 0 saturated carbocycles. The molecular formula is C18H31N5OS. The SMILES string of the molecule is CCNC(=NCc1cccnc1N1CCOCC1)NCCCCSC. The summed E-state index contributed by atoms with van der Waals surface area (Å²) in [7, 11) is 0. The lowest BCUT2D eigenvalue weighted by atomic mass is 10.2. The summed E-state index contributed by atoms with van der Waals surface area (Å²) in [5, 5.41) is 6.75. The molecule has 2 heterocycles. The summed E-state index contributed by atoms with van der Waals surface area (Å²) in [6.45, 7) is 7.84. The molecule has 140 valence electrons. The Labute approximate surface area is 155 Å². The molecule has 0 bridgehead atoms. The Morgan fingerprint density at radius 2 is 2.16 bits per heavy atom. The van der Waals surface area contributed by atoms with Crippen LogP contribution in [0.15, 0.2) is 23.3 Å². The van der Waals surface area contributed by atoms with Gasteiger partial charge < -0.3 is 20.3 Å². The highest BCUT2D eigenvalue weighted by molar-refractivity contribution is 7.98. The third-order valence-corrected chi connectivity index (χ3v) is 4.69. The van der Waals surface area contributed by atoms with Gasteiger partial charge in [-0.2, -0.15) is 11.8 Å². The lowest BCUT2D eigenvalue weighted by Crippen LogP contribution is -2.38. The Bertz CT molecular complexity index is 520. The minimum Gasteiger partial charge on any atom is -0.378 e. The Kier molecular flexibility index (Phi) is 9.51. The van der Waals surface area contributed by atoms with Crippen molar-refractivity contribution in [2.75, 3.05) is 56.3 Å². The van der Waals surface area contributed by atoms with Gasteiger partial charge in [-0.25, -0.2) is 9.98 Å². The van der Waals surface area contributed by atoms with Gasteiger partial charge in [0, 0.05) is 37.9 Å². The maximum atomic E-state index is 5.44. The average molecular weight is 366 g/mol. The van der Waals surface area contributed by atoms with E-state index in [-0.39, 0.29) is 0 Å². The zero-order valence-electron chi connectivity index (χ0n) is 15.5. The number of hydrogen-bond acceptors (Lipinski definition) is 5. The van der Waals surface area contributed by atoms with Crippen LogP contribution >= 0.6 is 11.8 Å². The zero-order chi connectivity index (χ0) is 17.7. The van der Waals surface area contributed by atoms with Crippen molar-refractivity contribution < 1.29 is 4.74 Å². The standard InChI is InChI=1S/C18H31N5OS/c1-3-19-18(21-8-4-5-14-25-2)22-15-16-7-6-9-20-17(16)23-10-12-24-13-11-23/h6-7,9H,3-5,8,10-15H2,1-2H3,(H2,19,21,22). The van der Waals surface area contributed by atoms with Gasteiger partial charge in [-0.1, -0.05) is 6.07 Å². The van der Waals surface area contributed by atoms with Crippen molar-refractivity contribution in [3.8, 4) is 0 Å². The molecule has 0 aliphatic carbocycles. The number of nitrogens with zero attached hydrogens (tertiary/aromatic N) is 3. The molecule has 25 heavy (non-hydrogen) atoms. The molecule has 1 saturated heterocycles. The Hall–Kier alpha value is -1.47. The van der Waals surface area contributed by atoms with Crippen molar-refractivity contribution in [1.82, 2.24) is 15.6 Å². The van der Waals surface area contributed by atoms with Crippen LogP contribution < -0.4 is 15.5 Å². The Balaban J connectivity index is 1.94. The van der Waals surface area contributed by atoms with E-state index in [4.69, 9.17) is 9.73 Å². The van der Waals surface area contributed by atoms with Crippen LogP contribution in [0.2, 0.25) is 0 Å². The van der Waals surface area contributed by atoms with Gasteiger partial charge >= 0.3 is 0 Å². The molecule has 1 fully saturated rings. The van der Waals surface area contributed by atoms with Crippen molar-refractivity contribution in [2.45, 2.75) is 26.3 Å². The van der Waals surface area contributed by atoms with E-state index in [2.05, 4.69) is 39.8 Å². The van der Waals surface area contributed by atoms with Gasteiger partial charge in [0.1, 0.15) is 5.82 Å². The van der Waals surface area contributed by atoms with E-state index in [1.165, 1.54) is 12.2 Å². The summed E-state index contributed by atoms with van der Waals surface area (Å²) in [6, 6.07) is 4.10. The highest BCUT2D eigenvalue weighted by Gasteiger charge is 2.15. The van der Waals surface area contributed by atoms with Crippen LogP contribution in [0.5, 0.6) is 0 Å². The van der Waals surface area contributed by atoms with E-state index in [0.29, 0.717) is 6.54 Å². The number of guanidine groups is 1. The fourth-order valence-corrected chi connectivity index (χ4v) is 3.19. The summed E-state index contributed by atoms with van der Waals surface area (Å²) in [4.78, 5) is 11.6. The summed E-state index contributed by atoms with van der Waals surface area (Å²) in [6.07, 6.45) is 6.40. The lowest BCUT2D eigenvalue weighted by Gasteiger charge is -2.29. The summed E-state index contributed by atoms with van der Waals surface area (Å²) >= 11 is 1.90. The lowest BCUT2D eigenvalue weighted by molar-refractivity contribution is 0.122. The maximum absolute atomic E-state index is 5.44. The third-order valence-electron chi connectivity index (χ3n) is 4.00. The molecule has 0 aromatic carbocycles. The predicted octanol–water partition coefficient (Wildman–Crippen LogP) is 2.12. The number of anilines is 1. The van der Waals surface area contributed by atoms with Crippen LogP contribution in [0.1, 0.15) is 25.3 Å². The fourth-order valence-electron chi connectivity index (χ4n) is 2.70. The number of thioether (sulfide) groups is 1. The maximum Gasteiger partial charge on any atom is 0.191 e. The largest absolute Gasteiger partial charge is 0.378 e. The van der Waals surface area contributed by atoms with Gasteiger partial charge in [0.15, 0.2) is 5.96 Å². The number of rotatable bonds is 9. The van der Waals surface area contributed by atoms with Gasteiger partial charge in [0.2, 0.25) is 0 Å². The number of unbranched alkanes of at least 4 members (excludes halogenated alkanes) is 1. The van der Waals surface area contributed by atoms with Crippen LogP contribution in [-0.4, -0.2) is 62.3 Å². The topological polar surface area (TPSA) is 61.8 Å². The van der Waals surface area contributed by atoms with Crippen LogP contribution in [-0.2, 0) is 11.3 Å². The number of aliphatic imine (C=N–C) groups is 1. The molecular weight excluding hydrogens is 334 g/mol. The van der Waals surface area contributed by atoms with Crippen LogP contribution in [0, 0.1) is 0 Å². The van der Waals surface area contributed by atoms with E-state index < -0.39 is 0 Å². The van der Waals surface area contributed by atoms with Crippen LogP contribution in [0.3, 0.4) is 0 Å². The summed E-state index contributed by atoms with van der Waals surface area (Å²) in [5.41, 5.74) is 1.16. The molecule has 2 rings (SSSR count). The average Bonchev–Trinajstić information content (AvgIpc) is 2.67. The van der Waals surface area contributed by atoms with Gasteiger partial charge in [0.05, 0.1) is 19.8 Å². The first-order valence-electron chi connectivity index (χ1n) is 9.13. The zero-order valence-corrected chi connectivity index (χ0v) is 16.3. The van der Waals surface area contributed by atoms with Crippen molar-refractivity contribution in [1.29, 1.82) is 0 Å². The van der Waals surface area contributed by atoms with Crippen molar-refractivity contribution in [2.24, 2.45) is 4.99 Å². The Morgan fingerprint density at radius 3 is 2.92 bits per heavy atom. The second-order valence-electron chi connectivity index (χ2n) is 5.91. The first-order valence-corrected chi connectivity index (χ1v) is 10.5. The summed E-state index contributed by atoms with van der Waals surface area (Å²) in [5.74, 6) is 3.13. The van der Waals surface area contributed by atoms with Gasteiger partial charge in [0.25, 0.3) is 0 Å². The van der Waals surface area contributed by atoms with Crippen molar-refractivity contribution in [3.63, 3.8) is 0 Å². The molecule has 1 aliphatic rings. The molecule has 0 radical (unpaired) electrons. The highest BCUT2D eigenvalue weighted by atomic mass is 32.2. The number of aromatic nitrogens is 1. The second-order valence-corrected chi connectivity index (χ2v) is 6.89. The molecule has 7 heteroatoms. The van der Waals surface area contributed by atoms with Gasteiger partial charge in [-0.15, -0.1) is 0 Å². The third kappa shape index (κ3) is 7.12. The van der Waals surface area contributed by atoms with Gasteiger partial charge in [-0.05, 0) is 37.8 Å². The molecule has 0 amide bonds. The van der Waals surface area contributed by atoms with E-state index in [9.17, 15) is 0 Å². The second kappa shape index (κ2) is 12.0. The summed E-state index contributed by atoms with van der Waals surface area (Å²) < 4.78 is 5.44. The molecule has 1 aliphatic heterocycles.